The summed E-state index contributed by atoms with van der Waals surface area (Å²) in [5.74, 6) is 2.14. The van der Waals surface area contributed by atoms with Crippen LogP contribution in [0.3, 0.4) is 0 Å². The highest BCUT2D eigenvalue weighted by molar-refractivity contribution is 5.98. The van der Waals surface area contributed by atoms with Crippen LogP contribution in [0.2, 0.25) is 0 Å². The molecule has 1 aromatic heterocycles. The van der Waals surface area contributed by atoms with Crippen molar-refractivity contribution in [3.05, 3.63) is 18.3 Å². The predicted octanol–water partition coefficient (Wildman–Crippen LogP) is 1.84. The monoisotopic (exact) mass is 234 g/mol. The SMILES string of the molecule is COc1cc2c(N)nccc2c(OC)c1OC. The Morgan fingerprint density at radius 2 is 1.71 bits per heavy atom. The maximum absolute atomic E-state index is 5.83. The number of nitrogens with two attached hydrogens (primary N) is 1. The number of anilines is 1. The molecule has 0 bridgehead atoms. The van der Waals surface area contributed by atoms with Crippen molar-refractivity contribution in [3.8, 4) is 17.2 Å². The highest BCUT2D eigenvalue weighted by atomic mass is 16.5. The molecule has 5 heteroatoms. The first-order chi connectivity index (χ1) is 8.22. The van der Waals surface area contributed by atoms with E-state index in [2.05, 4.69) is 4.98 Å². The van der Waals surface area contributed by atoms with E-state index >= 15 is 0 Å². The van der Waals surface area contributed by atoms with E-state index < -0.39 is 0 Å². The smallest absolute Gasteiger partial charge is 0.203 e. The summed E-state index contributed by atoms with van der Waals surface area (Å²) >= 11 is 0. The van der Waals surface area contributed by atoms with E-state index in [4.69, 9.17) is 19.9 Å². The summed E-state index contributed by atoms with van der Waals surface area (Å²) in [5.41, 5.74) is 5.83. The fraction of sp³-hybridized carbons (Fsp3) is 0.250. The molecule has 0 saturated heterocycles. The molecule has 17 heavy (non-hydrogen) atoms. The molecule has 2 N–H and O–H groups in total. The van der Waals surface area contributed by atoms with Crippen LogP contribution < -0.4 is 19.9 Å². The maximum Gasteiger partial charge on any atom is 0.203 e. The van der Waals surface area contributed by atoms with Gasteiger partial charge in [-0.2, -0.15) is 0 Å². The van der Waals surface area contributed by atoms with Crippen LogP contribution in [0.15, 0.2) is 18.3 Å². The lowest BCUT2D eigenvalue weighted by Crippen LogP contribution is -1.98. The van der Waals surface area contributed by atoms with Crippen molar-refractivity contribution in [1.82, 2.24) is 4.98 Å². The average Bonchev–Trinajstić information content (AvgIpc) is 2.36. The number of ether oxygens (including phenoxy) is 3. The number of aromatic nitrogens is 1. The first-order valence-corrected chi connectivity index (χ1v) is 5.06. The maximum atomic E-state index is 5.83. The van der Waals surface area contributed by atoms with Crippen LogP contribution in [-0.4, -0.2) is 26.3 Å². The lowest BCUT2D eigenvalue weighted by molar-refractivity contribution is 0.327. The van der Waals surface area contributed by atoms with Crippen molar-refractivity contribution >= 4 is 16.6 Å². The van der Waals surface area contributed by atoms with Gasteiger partial charge in [-0.15, -0.1) is 0 Å². The minimum Gasteiger partial charge on any atom is -0.493 e. The molecule has 0 spiro atoms. The molecule has 0 radical (unpaired) electrons. The second-order valence-electron chi connectivity index (χ2n) is 3.44. The van der Waals surface area contributed by atoms with Gasteiger partial charge < -0.3 is 19.9 Å². The van der Waals surface area contributed by atoms with E-state index in [1.54, 1.807) is 33.6 Å². The van der Waals surface area contributed by atoms with Gasteiger partial charge in [0.15, 0.2) is 11.5 Å². The van der Waals surface area contributed by atoms with Gasteiger partial charge in [-0.3, -0.25) is 0 Å². The van der Waals surface area contributed by atoms with Gasteiger partial charge in [0.25, 0.3) is 0 Å². The number of pyridine rings is 1. The van der Waals surface area contributed by atoms with Crippen LogP contribution in [0.1, 0.15) is 0 Å². The quantitative estimate of drug-likeness (QED) is 0.877. The van der Waals surface area contributed by atoms with Gasteiger partial charge in [-0.25, -0.2) is 4.98 Å². The van der Waals surface area contributed by atoms with Crippen molar-refractivity contribution < 1.29 is 14.2 Å². The number of benzene rings is 1. The van der Waals surface area contributed by atoms with Crippen molar-refractivity contribution in [2.75, 3.05) is 27.1 Å². The Morgan fingerprint density at radius 3 is 2.29 bits per heavy atom. The molecule has 1 aromatic carbocycles. The number of hydrogen-bond donors (Lipinski definition) is 1. The third-order valence-electron chi connectivity index (χ3n) is 2.60. The highest BCUT2D eigenvalue weighted by Crippen LogP contribution is 2.44. The summed E-state index contributed by atoms with van der Waals surface area (Å²) in [7, 11) is 4.71. The summed E-state index contributed by atoms with van der Waals surface area (Å²) in [4.78, 5) is 4.04. The summed E-state index contributed by atoms with van der Waals surface area (Å²) in [6.07, 6.45) is 1.63. The summed E-state index contributed by atoms with van der Waals surface area (Å²) < 4.78 is 15.9. The van der Waals surface area contributed by atoms with Crippen LogP contribution in [0.5, 0.6) is 17.2 Å². The molecule has 0 atom stereocenters. The Balaban J connectivity index is 2.88. The molecular formula is C12H14N2O3. The third kappa shape index (κ3) is 1.69. The fourth-order valence-electron chi connectivity index (χ4n) is 1.82. The summed E-state index contributed by atoms with van der Waals surface area (Å²) in [6.45, 7) is 0. The van der Waals surface area contributed by atoms with Crippen LogP contribution in [0.25, 0.3) is 10.8 Å². The minimum atomic E-state index is 0.432. The number of nitrogens with zero attached hydrogens (tertiary/aromatic N) is 1. The molecule has 90 valence electrons. The molecule has 1 heterocycles. The van der Waals surface area contributed by atoms with Crippen LogP contribution in [-0.2, 0) is 0 Å². The Bertz CT molecular complexity index is 555. The first-order valence-electron chi connectivity index (χ1n) is 5.06. The van der Waals surface area contributed by atoms with Gasteiger partial charge in [0.05, 0.1) is 21.3 Å². The molecular weight excluding hydrogens is 220 g/mol. The number of fused-ring (bicyclic) bond motifs is 1. The first kappa shape index (κ1) is 11.3. The fourth-order valence-corrected chi connectivity index (χ4v) is 1.82. The average molecular weight is 234 g/mol. The van der Waals surface area contributed by atoms with Crippen LogP contribution >= 0.6 is 0 Å². The standard InChI is InChI=1S/C12H14N2O3/c1-15-9-6-8-7(4-5-14-12(8)13)10(16-2)11(9)17-3/h4-6H,1-3H3,(H2,13,14). The number of nitrogen functional groups attached to an aromatic ring is 1. The molecule has 0 fully saturated rings. The topological polar surface area (TPSA) is 66.6 Å². The van der Waals surface area contributed by atoms with Gasteiger partial charge in [-0.1, -0.05) is 0 Å². The van der Waals surface area contributed by atoms with Gasteiger partial charge in [-0.05, 0) is 12.1 Å². The van der Waals surface area contributed by atoms with Gasteiger partial charge in [0.2, 0.25) is 5.75 Å². The number of methoxy groups -OCH3 is 3. The molecule has 5 nitrogen and oxygen atoms in total. The largest absolute Gasteiger partial charge is 0.493 e. The van der Waals surface area contributed by atoms with Gasteiger partial charge in [0, 0.05) is 17.0 Å². The van der Waals surface area contributed by atoms with Crippen molar-refractivity contribution in [2.24, 2.45) is 0 Å². The zero-order chi connectivity index (χ0) is 12.4. The van der Waals surface area contributed by atoms with Crippen LogP contribution in [0.4, 0.5) is 5.82 Å². The Labute approximate surface area is 99.1 Å². The molecule has 0 aliphatic heterocycles. The molecule has 2 aromatic rings. The molecule has 0 unspecified atom stereocenters. The van der Waals surface area contributed by atoms with E-state index in [-0.39, 0.29) is 0 Å². The normalized spacial score (nSPS) is 10.3. The number of rotatable bonds is 3. The lowest BCUT2D eigenvalue weighted by atomic mass is 10.1. The zero-order valence-electron chi connectivity index (χ0n) is 9.98. The van der Waals surface area contributed by atoms with Crippen molar-refractivity contribution in [2.45, 2.75) is 0 Å². The summed E-state index contributed by atoms with van der Waals surface area (Å²) in [6, 6.07) is 3.62. The van der Waals surface area contributed by atoms with E-state index in [9.17, 15) is 0 Å². The number of hydrogen-bond acceptors (Lipinski definition) is 5. The van der Waals surface area contributed by atoms with E-state index in [0.29, 0.717) is 23.1 Å². The van der Waals surface area contributed by atoms with E-state index in [1.807, 2.05) is 6.07 Å². The predicted molar refractivity (Wildman–Crippen MR) is 65.8 cm³/mol. The molecule has 2 rings (SSSR count). The van der Waals surface area contributed by atoms with E-state index in [1.165, 1.54) is 0 Å². The van der Waals surface area contributed by atoms with Crippen molar-refractivity contribution in [3.63, 3.8) is 0 Å². The van der Waals surface area contributed by atoms with Gasteiger partial charge >= 0.3 is 0 Å². The minimum absolute atomic E-state index is 0.432. The Kier molecular flexibility index (Phi) is 2.91. The lowest BCUT2D eigenvalue weighted by Gasteiger charge is -2.15. The molecule has 0 amide bonds. The molecule has 0 aliphatic carbocycles. The molecule has 0 aliphatic rings. The zero-order valence-corrected chi connectivity index (χ0v) is 9.98. The molecule has 0 saturated carbocycles. The van der Waals surface area contributed by atoms with Crippen LogP contribution in [0, 0.1) is 0 Å². The van der Waals surface area contributed by atoms with Crippen molar-refractivity contribution in [1.29, 1.82) is 0 Å². The Morgan fingerprint density at radius 1 is 1.00 bits per heavy atom. The third-order valence-corrected chi connectivity index (χ3v) is 2.60. The second kappa shape index (κ2) is 4.37. The van der Waals surface area contributed by atoms with Gasteiger partial charge in [0.1, 0.15) is 5.82 Å². The van der Waals surface area contributed by atoms with E-state index in [0.717, 1.165) is 10.8 Å². The Hall–Kier alpha value is -2.17. The highest BCUT2D eigenvalue weighted by Gasteiger charge is 2.16. The second-order valence-corrected chi connectivity index (χ2v) is 3.44. The summed E-state index contributed by atoms with van der Waals surface area (Å²) in [5, 5.41) is 1.62.